The summed E-state index contributed by atoms with van der Waals surface area (Å²) in [4.78, 5) is 0. The van der Waals surface area contributed by atoms with E-state index in [1.807, 2.05) is 30.3 Å². The van der Waals surface area contributed by atoms with Crippen molar-refractivity contribution in [2.24, 2.45) is 5.73 Å². The molecule has 3 N–H and O–H groups in total. The summed E-state index contributed by atoms with van der Waals surface area (Å²) in [6, 6.07) is 10.0. The maximum Gasteiger partial charge on any atom is 0.0941 e. The molecule has 0 saturated carbocycles. The summed E-state index contributed by atoms with van der Waals surface area (Å²) in [5.41, 5.74) is 6.27. The van der Waals surface area contributed by atoms with E-state index < -0.39 is 0 Å². The third-order valence-electron chi connectivity index (χ3n) is 1.47. The van der Waals surface area contributed by atoms with Gasteiger partial charge < -0.3 is 15.8 Å². The Balaban J connectivity index is 2.16. The van der Waals surface area contributed by atoms with Crippen molar-refractivity contribution in [2.75, 3.05) is 25.2 Å². The van der Waals surface area contributed by atoms with Crippen LogP contribution in [0.5, 0.6) is 0 Å². The summed E-state index contributed by atoms with van der Waals surface area (Å²) in [6.07, 6.45) is 0. The topological polar surface area (TPSA) is 47.3 Å². The van der Waals surface area contributed by atoms with Crippen molar-refractivity contribution in [3.8, 4) is 0 Å². The Morgan fingerprint density at radius 2 is 2.00 bits per heavy atom. The molecule has 1 aromatic carbocycles. The average molecular weight is 166 g/mol. The standard InChI is InChI=1S/C9H14N2O/c10-8-12-7-6-11-9-4-2-1-3-5-9/h1-5,11H,6-8,10H2. The summed E-state index contributed by atoms with van der Waals surface area (Å²) < 4.78 is 4.97. The van der Waals surface area contributed by atoms with Crippen molar-refractivity contribution in [2.45, 2.75) is 0 Å². The Bertz CT molecular complexity index is 201. The lowest BCUT2D eigenvalue weighted by atomic mass is 10.3. The van der Waals surface area contributed by atoms with Gasteiger partial charge in [-0.2, -0.15) is 0 Å². The van der Waals surface area contributed by atoms with Crippen molar-refractivity contribution in [1.29, 1.82) is 0 Å². The summed E-state index contributed by atoms with van der Waals surface area (Å²) in [5, 5.41) is 3.20. The first kappa shape index (κ1) is 9.03. The molecule has 0 unspecified atom stereocenters. The number of para-hydroxylation sites is 1. The second-order valence-corrected chi connectivity index (χ2v) is 2.37. The number of hydrogen-bond acceptors (Lipinski definition) is 3. The lowest BCUT2D eigenvalue weighted by Crippen LogP contribution is -2.13. The third-order valence-corrected chi connectivity index (χ3v) is 1.47. The molecule has 3 heteroatoms. The minimum Gasteiger partial charge on any atom is -0.383 e. The molecule has 0 amide bonds. The first-order valence-corrected chi connectivity index (χ1v) is 4.00. The van der Waals surface area contributed by atoms with Crippen LogP contribution >= 0.6 is 0 Å². The average Bonchev–Trinajstić information content (AvgIpc) is 2.14. The van der Waals surface area contributed by atoms with Crippen molar-refractivity contribution in [3.63, 3.8) is 0 Å². The van der Waals surface area contributed by atoms with E-state index in [0.717, 1.165) is 12.2 Å². The Hall–Kier alpha value is -1.06. The number of rotatable bonds is 5. The fraction of sp³-hybridized carbons (Fsp3) is 0.333. The van der Waals surface area contributed by atoms with Gasteiger partial charge in [0.25, 0.3) is 0 Å². The summed E-state index contributed by atoms with van der Waals surface area (Å²) >= 11 is 0. The van der Waals surface area contributed by atoms with E-state index in [1.165, 1.54) is 0 Å². The van der Waals surface area contributed by atoms with Gasteiger partial charge in [0.15, 0.2) is 0 Å². The number of nitrogens with one attached hydrogen (secondary N) is 1. The molecular weight excluding hydrogens is 152 g/mol. The molecule has 3 nitrogen and oxygen atoms in total. The molecule has 0 spiro atoms. The maximum absolute atomic E-state index is 5.16. The third kappa shape index (κ3) is 3.37. The van der Waals surface area contributed by atoms with E-state index in [2.05, 4.69) is 5.32 Å². The van der Waals surface area contributed by atoms with Gasteiger partial charge in [0.1, 0.15) is 0 Å². The molecular formula is C9H14N2O. The van der Waals surface area contributed by atoms with E-state index in [-0.39, 0.29) is 6.73 Å². The highest BCUT2D eigenvalue weighted by molar-refractivity contribution is 5.42. The molecule has 0 saturated heterocycles. The molecule has 0 bridgehead atoms. The zero-order valence-electron chi connectivity index (χ0n) is 6.99. The summed E-state index contributed by atoms with van der Waals surface area (Å²) in [6.45, 7) is 1.73. The fourth-order valence-corrected chi connectivity index (χ4v) is 0.907. The minimum atomic E-state index is 0.288. The Morgan fingerprint density at radius 3 is 2.67 bits per heavy atom. The van der Waals surface area contributed by atoms with Gasteiger partial charge in [-0.25, -0.2) is 0 Å². The Morgan fingerprint density at radius 1 is 1.25 bits per heavy atom. The van der Waals surface area contributed by atoms with Crippen LogP contribution < -0.4 is 11.1 Å². The largest absolute Gasteiger partial charge is 0.383 e. The molecule has 0 aliphatic heterocycles. The van der Waals surface area contributed by atoms with E-state index >= 15 is 0 Å². The van der Waals surface area contributed by atoms with Gasteiger partial charge in [0, 0.05) is 12.2 Å². The maximum atomic E-state index is 5.16. The highest BCUT2D eigenvalue weighted by Gasteiger charge is 1.87. The Labute approximate surface area is 72.5 Å². The number of ether oxygens (including phenoxy) is 1. The van der Waals surface area contributed by atoms with Crippen LogP contribution in [0.25, 0.3) is 0 Å². The molecule has 0 aliphatic carbocycles. The second kappa shape index (κ2) is 5.57. The first-order valence-electron chi connectivity index (χ1n) is 4.00. The van der Waals surface area contributed by atoms with Gasteiger partial charge >= 0.3 is 0 Å². The van der Waals surface area contributed by atoms with Gasteiger partial charge in [-0.15, -0.1) is 0 Å². The molecule has 0 aliphatic rings. The smallest absolute Gasteiger partial charge is 0.0941 e. The Kier molecular flexibility index (Phi) is 4.19. The van der Waals surface area contributed by atoms with Crippen LogP contribution in [0.1, 0.15) is 0 Å². The van der Waals surface area contributed by atoms with Gasteiger partial charge in [0.05, 0.1) is 13.3 Å². The highest BCUT2D eigenvalue weighted by atomic mass is 16.5. The number of anilines is 1. The van der Waals surface area contributed by atoms with Crippen molar-refractivity contribution in [3.05, 3.63) is 30.3 Å². The quantitative estimate of drug-likeness (QED) is 0.507. The van der Waals surface area contributed by atoms with Gasteiger partial charge in [-0.1, -0.05) is 18.2 Å². The fourth-order valence-electron chi connectivity index (χ4n) is 0.907. The predicted molar refractivity (Wildman–Crippen MR) is 49.9 cm³/mol. The molecule has 1 rings (SSSR count). The predicted octanol–water partition coefficient (Wildman–Crippen LogP) is 1.03. The number of hydrogen-bond donors (Lipinski definition) is 2. The first-order chi connectivity index (χ1) is 5.93. The molecule has 0 aromatic heterocycles. The van der Waals surface area contributed by atoms with Gasteiger partial charge in [-0.05, 0) is 12.1 Å². The van der Waals surface area contributed by atoms with Crippen LogP contribution in [0.4, 0.5) is 5.69 Å². The molecule has 0 atom stereocenters. The summed E-state index contributed by atoms with van der Waals surface area (Å²) in [5.74, 6) is 0. The van der Waals surface area contributed by atoms with Crippen molar-refractivity contribution >= 4 is 5.69 Å². The van der Waals surface area contributed by atoms with Crippen molar-refractivity contribution < 1.29 is 4.74 Å². The normalized spacial score (nSPS) is 9.75. The van der Waals surface area contributed by atoms with Crippen LogP contribution in [-0.2, 0) is 4.74 Å². The molecule has 12 heavy (non-hydrogen) atoms. The van der Waals surface area contributed by atoms with E-state index in [1.54, 1.807) is 0 Å². The second-order valence-electron chi connectivity index (χ2n) is 2.37. The van der Waals surface area contributed by atoms with Crippen LogP contribution in [-0.4, -0.2) is 19.9 Å². The number of benzene rings is 1. The van der Waals surface area contributed by atoms with Gasteiger partial charge in [-0.3, -0.25) is 0 Å². The molecule has 0 radical (unpaired) electrons. The lowest BCUT2D eigenvalue weighted by Gasteiger charge is -2.04. The summed E-state index contributed by atoms with van der Waals surface area (Å²) in [7, 11) is 0. The minimum absolute atomic E-state index is 0.288. The van der Waals surface area contributed by atoms with Crippen LogP contribution in [0.2, 0.25) is 0 Å². The molecule has 0 heterocycles. The highest BCUT2D eigenvalue weighted by Crippen LogP contribution is 2.03. The molecule has 66 valence electrons. The number of nitrogens with two attached hydrogens (primary N) is 1. The monoisotopic (exact) mass is 166 g/mol. The zero-order valence-corrected chi connectivity index (χ0v) is 6.99. The SMILES string of the molecule is NCOCCNc1ccccc1. The van der Waals surface area contributed by atoms with Crippen LogP contribution in [0.3, 0.4) is 0 Å². The molecule has 1 aromatic rings. The van der Waals surface area contributed by atoms with E-state index in [4.69, 9.17) is 10.5 Å². The zero-order chi connectivity index (χ0) is 8.65. The van der Waals surface area contributed by atoms with Gasteiger partial charge in [0.2, 0.25) is 0 Å². The van der Waals surface area contributed by atoms with Crippen LogP contribution in [0.15, 0.2) is 30.3 Å². The van der Waals surface area contributed by atoms with E-state index in [9.17, 15) is 0 Å². The lowest BCUT2D eigenvalue weighted by molar-refractivity contribution is 0.151. The van der Waals surface area contributed by atoms with Crippen LogP contribution in [0, 0.1) is 0 Å². The van der Waals surface area contributed by atoms with Crippen molar-refractivity contribution in [1.82, 2.24) is 0 Å². The molecule has 0 fully saturated rings. The van der Waals surface area contributed by atoms with E-state index in [0.29, 0.717) is 6.61 Å².